The van der Waals surface area contributed by atoms with E-state index in [1.807, 2.05) is 0 Å². The molecule has 0 spiro atoms. The first kappa shape index (κ1) is 38.0. The summed E-state index contributed by atoms with van der Waals surface area (Å²) in [7, 11) is 0. The minimum Gasteiger partial charge on any atom is -0.0654 e. The van der Waals surface area contributed by atoms with Gasteiger partial charge in [-0.3, -0.25) is 0 Å². The first-order valence-electron chi connectivity index (χ1n) is 18.6. The highest BCUT2D eigenvalue weighted by molar-refractivity contribution is 4.63. The fourth-order valence-electron chi connectivity index (χ4n) is 6.55. The van der Waals surface area contributed by atoms with Crippen LogP contribution in [0.25, 0.3) is 0 Å². The molecule has 0 heteroatoms. The summed E-state index contributed by atoms with van der Waals surface area (Å²) in [6.07, 6.45) is 44.0. The summed E-state index contributed by atoms with van der Waals surface area (Å²) in [5, 5.41) is 0. The van der Waals surface area contributed by atoms with Gasteiger partial charge in [0.05, 0.1) is 0 Å². The van der Waals surface area contributed by atoms with Gasteiger partial charge in [0.15, 0.2) is 0 Å². The van der Waals surface area contributed by atoms with E-state index in [0.717, 1.165) is 17.8 Å². The van der Waals surface area contributed by atoms with E-state index in [4.69, 9.17) is 0 Å². The Hall–Kier alpha value is 0. The third-order valence-corrected chi connectivity index (χ3v) is 9.30. The second-order valence-electron chi connectivity index (χ2n) is 13.8. The van der Waals surface area contributed by atoms with Crippen LogP contribution >= 0.6 is 0 Å². The van der Waals surface area contributed by atoms with Crippen molar-refractivity contribution in [3.63, 3.8) is 0 Å². The summed E-state index contributed by atoms with van der Waals surface area (Å²) in [6.45, 7) is 12.2. The van der Waals surface area contributed by atoms with E-state index in [1.54, 1.807) is 0 Å². The molecule has 0 heterocycles. The lowest BCUT2D eigenvalue weighted by Gasteiger charge is -2.18. The van der Waals surface area contributed by atoms with Crippen LogP contribution < -0.4 is 0 Å². The molecule has 38 heavy (non-hydrogen) atoms. The molecule has 0 nitrogen and oxygen atoms in total. The van der Waals surface area contributed by atoms with Crippen LogP contribution in [0.4, 0.5) is 0 Å². The minimum absolute atomic E-state index is 0.932. The van der Waals surface area contributed by atoms with Gasteiger partial charge in [-0.05, 0) is 24.2 Å². The Morgan fingerprint density at radius 2 is 0.500 bits per heavy atom. The van der Waals surface area contributed by atoms with E-state index in [1.165, 1.54) is 193 Å². The molecule has 0 bridgehead atoms. The maximum absolute atomic E-state index is 2.52. The van der Waals surface area contributed by atoms with E-state index >= 15 is 0 Å². The highest BCUT2D eigenvalue weighted by Gasteiger charge is 2.10. The van der Waals surface area contributed by atoms with Crippen molar-refractivity contribution >= 4 is 0 Å². The lowest BCUT2D eigenvalue weighted by atomic mass is 9.88. The second kappa shape index (κ2) is 31.5. The molecule has 0 aromatic carbocycles. The maximum atomic E-state index is 2.52. The summed E-state index contributed by atoms with van der Waals surface area (Å²) in [5.74, 6) is 2.82. The zero-order valence-corrected chi connectivity index (χ0v) is 27.9. The molecule has 0 amide bonds. The Labute approximate surface area is 244 Å². The smallest absolute Gasteiger partial charge is 0.0440 e. The third kappa shape index (κ3) is 30.5. The molecule has 0 radical (unpaired) electrons. The molecule has 230 valence electrons. The van der Waals surface area contributed by atoms with Crippen molar-refractivity contribution in [3.8, 4) is 0 Å². The van der Waals surface area contributed by atoms with Gasteiger partial charge in [0, 0.05) is 0 Å². The molecule has 0 aromatic rings. The van der Waals surface area contributed by atoms with Crippen molar-refractivity contribution in [2.45, 2.75) is 227 Å². The fraction of sp³-hybridized carbons (Fsp3) is 1.00. The summed E-state index contributed by atoms with van der Waals surface area (Å²) in [5.41, 5.74) is 0. The van der Waals surface area contributed by atoms with Crippen LogP contribution in [0.1, 0.15) is 227 Å². The lowest BCUT2D eigenvalue weighted by molar-refractivity contribution is 0.344. The molecule has 0 fully saturated rings. The lowest BCUT2D eigenvalue weighted by Crippen LogP contribution is -2.04. The van der Waals surface area contributed by atoms with Crippen molar-refractivity contribution < 1.29 is 0 Å². The molecule has 3 unspecified atom stereocenters. The van der Waals surface area contributed by atoms with Gasteiger partial charge in [-0.25, -0.2) is 0 Å². The number of hydrogen-bond acceptors (Lipinski definition) is 0. The SMILES string of the molecule is CCCCCCCCCCCCCCCCC(C)CC(C)CCCC(C)CCCCCCCCCCCC. The van der Waals surface area contributed by atoms with Gasteiger partial charge < -0.3 is 0 Å². The van der Waals surface area contributed by atoms with Crippen LogP contribution in [0.5, 0.6) is 0 Å². The molecule has 0 N–H and O–H groups in total. The van der Waals surface area contributed by atoms with Crippen LogP contribution in [0.15, 0.2) is 0 Å². The normalized spacial score (nSPS) is 14.1. The van der Waals surface area contributed by atoms with E-state index < -0.39 is 0 Å². The van der Waals surface area contributed by atoms with Crippen molar-refractivity contribution in [1.29, 1.82) is 0 Å². The first-order chi connectivity index (χ1) is 18.6. The van der Waals surface area contributed by atoms with Crippen LogP contribution in [0, 0.1) is 17.8 Å². The van der Waals surface area contributed by atoms with Crippen LogP contribution in [-0.4, -0.2) is 0 Å². The highest BCUT2D eigenvalue weighted by atomic mass is 14.2. The Balaban J connectivity index is 3.39. The third-order valence-electron chi connectivity index (χ3n) is 9.30. The minimum atomic E-state index is 0.932. The molecule has 0 saturated carbocycles. The van der Waals surface area contributed by atoms with Gasteiger partial charge >= 0.3 is 0 Å². The largest absolute Gasteiger partial charge is 0.0654 e. The van der Waals surface area contributed by atoms with Crippen molar-refractivity contribution in [3.05, 3.63) is 0 Å². The molecule has 0 aliphatic rings. The Morgan fingerprint density at radius 1 is 0.263 bits per heavy atom. The average Bonchev–Trinajstić information content (AvgIpc) is 2.90. The standard InChI is InChI=1S/C38H78/c1-6-8-10-12-14-16-18-19-20-21-23-25-27-29-32-37(4)35-38(5)34-30-33-36(3)31-28-26-24-22-17-15-13-11-9-7-2/h36-38H,6-35H2,1-5H3. The van der Waals surface area contributed by atoms with Crippen molar-refractivity contribution in [2.24, 2.45) is 17.8 Å². The summed E-state index contributed by atoms with van der Waals surface area (Å²) in [6, 6.07) is 0. The predicted octanol–water partition coefficient (Wildman–Crippen LogP) is 14.6. The van der Waals surface area contributed by atoms with Gasteiger partial charge in [-0.2, -0.15) is 0 Å². The molecule has 0 aliphatic carbocycles. The Bertz CT molecular complexity index is 412. The Morgan fingerprint density at radius 3 is 0.842 bits per heavy atom. The molecular weight excluding hydrogens is 456 g/mol. The average molecular weight is 535 g/mol. The zero-order chi connectivity index (χ0) is 27.9. The molecule has 0 aromatic heterocycles. The van der Waals surface area contributed by atoms with E-state index in [9.17, 15) is 0 Å². The van der Waals surface area contributed by atoms with Gasteiger partial charge in [-0.1, -0.05) is 221 Å². The fourth-order valence-corrected chi connectivity index (χ4v) is 6.55. The molecule has 0 aliphatic heterocycles. The molecule has 3 atom stereocenters. The number of unbranched alkanes of at least 4 members (excludes halogenated alkanes) is 22. The monoisotopic (exact) mass is 535 g/mol. The van der Waals surface area contributed by atoms with Crippen LogP contribution in [-0.2, 0) is 0 Å². The maximum Gasteiger partial charge on any atom is -0.0440 e. The second-order valence-corrected chi connectivity index (χ2v) is 13.8. The molecule has 0 saturated heterocycles. The quantitative estimate of drug-likeness (QED) is 0.0752. The number of hydrogen-bond donors (Lipinski definition) is 0. The van der Waals surface area contributed by atoms with E-state index in [-0.39, 0.29) is 0 Å². The number of rotatable bonds is 32. The summed E-state index contributed by atoms with van der Waals surface area (Å²) in [4.78, 5) is 0. The Kier molecular flexibility index (Phi) is 31.5. The summed E-state index contributed by atoms with van der Waals surface area (Å²) >= 11 is 0. The van der Waals surface area contributed by atoms with Crippen molar-refractivity contribution in [1.82, 2.24) is 0 Å². The van der Waals surface area contributed by atoms with Crippen molar-refractivity contribution in [2.75, 3.05) is 0 Å². The van der Waals surface area contributed by atoms with Gasteiger partial charge in [0.2, 0.25) is 0 Å². The first-order valence-corrected chi connectivity index (χ1v) is 18.6. The van der Waals surface area contributed by atoms with Crippen LogP contribution in [0.3, 0.4) is 0 Å². The topological polar surface area (TPSA) is 0 Å². The molecular formula is C38H78. The van der Waals surface area contributed by atoms with E-state index in [0.29, 0.717) is 0 Å². The van der Waals surface area contributed by atoms with E-state index in [2.05, 4.69) is 34.6 Å². The predicted molar refractivity (Wildman–Crippen MR) is 177 cm³/mol. The van der Waals surface area contributed by atoms with Gasteiger partial charge in [-0.15, -0.1) is 0 Å². The van der Waals surface area contributed by atoms with Gasteiger partial charge in [0.25, 0.3) is 0 Å². The zero-order valence-electron chi connectivity index (χ0n) is 27.9. The molecule has 0 rings (SSSR count). The van der Waals surface area contributed by atoms with Crippen LogP contribution in [0.2, 0.25) is 0 Å². The highest BCUT2D eigenvalue weighted by Crippen LogP contribution is 2.25. The van der Waals surface area contributed by atoms with Gasteiger partial charge in [0.1, 0.15) is 0 Å². The summed E-state index contributed by atoms with van der Waals surface area (Å²) < 4.78 is 0.